The Hall–Kier alpha value is -0.720. The van der Waals surface area contributed by atoms with E-state index in [0.29, 0.717) is 10.9 Å². The van der Waals surface area contributed by atoms with E-state index in [1.807, 2.05) is 13.8 Å². The van der Waals surface area contributed by atoms with E-state index >= 15 is 0 Å². The van der Waals surface area contributed by atoms with E-state index in [0.717, 1.165) is 11.3 Å². The van der Waals surface area contributed by atoms with Crippen LogP contribution < -0.4 is 10.9 Å². The summed E-state index contributed by atoms with van der Waals surface area (Å²) in [5, 5.41) is 0. The molecule has 4 radical (unpaired) electrons. The van der Waals surface area contributed by atoms with E-state index in [2.05, 4.69) is 4.98 Å². The summed E-state index contributed by atoms with van der Waals surface area (Å²) in [5.74, 6) is 0. The molecule has 0 bridgehead atoms. The molecule has 1 heterocycles. The fraction of sp³-hybridized carbons (Fsp3) is 0.286. The second-order valence-electron chi connectivity index (χ2n) is 2.34. The highest BCUT2D eigenvalue weighted by atomic mass is 14.7. The molecule has 0 spiro atoms. The van der Waals surface area contributed by atoms with E-state index in [4.69, 9.17) is 15.7 Å². The summed E-state index contributed by atoms with van der Waals surface area (Å²) in [4.78, 5) is 3.99. The average molecular weight is 127 g/mol. The van der Waals surface area contributed by atoms with Crippen LogP contribution in [0.1, 0.15) is 11.3 Å². The zero-order valence-corrected chi connectivity index (χ0v) is 6.18. The van der Waals surface area contributed by atoms with Crippen LogP contribution in [0.2, 0.25) is 0 Å². The smallest absolute Gasteiger partial charge is 0.116 e. The third kappa shape index (κ3) is 1.08. The van der Waals surface area contributed by atoms with Crippen molar-refractivity contribution in [1.29, 1.82) is 0 Å². The van der Waals surface area contributed by atoms with Crippen molar-refractivity contribution in [3.63, 3.8) is 0 Å². The molecule has 0 aromatic carbocycles. The molecule has 0 amide bonds. The number of nitrogens with zero attached hydrogens (tertiary/aromatic N) is 1. The number of pyridine rings is 1. The summed E-state index contributed by atoms with van der Waals surface area (Å²) in [5.41, 5.74) is 3.11. The molecule has 0 saturated carbocycles. The number of aromatic nitrogens is 1. The second kappa shape index (κ2) is 2.49. The second-order valence-corrected chi connectivity index (χ2v) is 2.34. The first-order chi connectivity index (χ1) is 4.63. The van der Waals surface area contributed by atoms with Crippen LogP contribution in [-0.4, -0.2) is 20.7 Å². The monoisotopic (exact) mass is 127 g/mol. The fourth-order valence-corrected chi connectivity index (χ4v) is 0.760. The Morgan fingerprint density at radius 3 is 2.40 bits per heavy atom. The lowest BCUT2D eigenvalue weighted by Crippen LogP contribution is -2.23. The molecule has 0 atom stereocenters. The number of aryl methyl sites for hydroxylation is 1. The van der Waals surface area contributed by atoms with Crippen molar-refractivity contribution < 1.29 is 0 Å². The SMILES string of the molecule is [B]c1cnc(C)c([B])c1C. The summed E-state index contributed by atoms with van der Waals surface area (Å²) >= 11 is 0. The number of rotatable bonds is 0. The molecular formula is C7H7B2N. The van der Waals surface area contributed by atoms with Crippen molar-refractivity contribution in [3.05, 3.63) is 17.5 Å². The molecule has 1 rings (SSSR count). The molecule has 3 heteroatoms. The van der Waals surface area contributed by atoms with Gasteiger partial charge in [-0.1, -0.05) is 16.5 Å². The van der Waals surface area contributed by atoms with Crippen LogP contribution in [0.15, 0.2) is 6.20 Å². The Labute approximate surface area is 63.7 Å². The van der Waals surface area contributed by atoms with Gasteiger partial charge in [0, 0.05) is 11.9 Å². The lowest BCUT2D eigenvalue weighted by Gasteiger charge is -2.06. The first kappa shape index (κ1) is 7.39. The predicted molar refractivity (Wildman–Crippen MR) is 44.5 cm³/mol. The molecule has 0 fully saturated rings. The number of hydrogen-bond donors (Lipinski definition) is 0. The van der Waals surface area contributed by atoms with Crippen LogP contribution in [0.25, 0.3) is 0 Å². The summed E-state index contributed by atoms with van der Waals surface area (Å²) in [7, 11) is 11.2. The maximum absolute atomic E-state index is 5.64. The largest absolute Gasteiger partial charge is 0.263 e. The van der Waals surface area contributed by atoms with Gasteiger partial charge >= 0.3 is 0 Å². The topological polar surface area (TPSA) is 12.9 Å². The van der Waals surface area contributed by atoms with Crippen molar-refractivity contribution >= 4 is 26.6 Å². The van der Waals surface area contributed by atoms with Crippen molar-refractivity contribution in [2.75, 3.05) is 0 Å². The van der Waals surface area contributed by atoms with Crippen LogP contribution in [0.5, 0.6) is 0 Å². The van der Waals surface area contributed by atoms with Crippen molar-refractivity contribution in [1.82, 2.24) is 4.98 Å². The molecule has 0 aliphatic carbocycles. The van der Waals surface area contributed by atoms with Gasteiger partial charge in [0.2, 0.25) is 0 Å². The summed E-state index contributed by atoms with van der Waals surface area (Å²) < 4.78 is 0. The van der Waals surface area contributed by atoms with E-state index in [1.54, 1.807) is 6.20 Å². The van der Waals surface area contributed by atoms with Gasteiger partial charge in [0.15, 0.2) is 0 Å². The quantitative estimate of drug-likeness (QED) is 0.419. The van der Waals surface area contributed by atoms with Crippen LogP contribution >= 0.6 is 0 Å². The highest BCUT2D eigenvalue weighted by Crippen LogP contribution is 1.88. The molecule has 0 N–H and O–H groups in total. The molecule has 0 aliphatic rings. The van der Waals surface area contributed by atoms with Crippen molar-refractivity contribution in [3.8, 4) is 0 Å². The zero-order valence-electron chi connectivity index (χ0n) is 6.18. The first-order valence-electron chi connectivity index (χ1n) is 3.10. The Balaban J connectivity index is 3.34. The Bertz CT molecular complexity index is 231. The standard InChI is InChI=1S/C7H7B2N/c1-4-6(8)3-10-5(2)7(4)9/h3H,1-2H3. The van der Waals surface area contributed by atoms with Crippen LogP contribution in [-0.2, 0) is 0 Å². The van der Waals surface area contributed by atoms with E-state index in [1.165, 1.54) is 0 Å². The van der Waals surface area contributed by atoms with Gasteiger partial charge in [-0.2, -0.15) is 0 Å². The van der Waals surface area contributed by atoms with E-state index < -0.39 is 0 Å². The van der Waals surface area contributed by atoms with Crippen LogP contribution in [0, 0.1) is 13.8 Å². The molecule has 10 heavy (non-hydrogen) atoms. The third-order valence-electron chi connectivity index (χ3n) is 1.62. The Morgan fingerprint density at radius 1 is 1.30 bits per heavy atom. The number of hydrogen-bond acceptors (Lipinski definition) is 1. The highest BCUT2D eigenvalue weighted by molar-refractivity contribution is 6.39. The normalized spacial score (nSPS) is 9.80. The van der Waals surface area contributed by atoms with Gasteiger partial charge in [-0.3, -0.25) is 4.98 Å². The lowest BCUT2D eigenvalue weighted by molar-refractivity contribution is 1.22. The van der Waals surface area contributed by atoms with Gasteiger partial charge in [0.05, 0.1) is 0 Å². The Morgan fingerprint density at radius 2 is 1.90 bits per heavy atom. The maximum Gasteiger partial charge on any atom is 0.116 e. The molecule has 0 unspecified atom stereocenters. The predicted octanol–water partition coefficient (Wildman–Crippen LogP) is -0.714. The lowest BCUT2D eigenvalue weighted by atomic mass is 9.82. The molecule has 1 aromatic rings. The van der Waals surface area contributed by atoms with E-state index in [9.17, 15) is 0 Å². The van der Waals surface area contributed by atoms with Crippen molar-refractivity contribution in [2.24, 2.45) is 0 Å². The summed E-state index contributed by atoms with van der Waals surface area (Å²) in [6.45, 7) is 3.75. The minimum Gasteiger partial charge on any atom is -0.263 e. The highest BCUT2D eigenvalue weighted by Gasteiger charge is 1.98. The maximum atomic E-state index is 5.64. The van der Waals surface area contributed by atoms with Crippen LogP contribution in [0.4, 0.5) is 0 Å². The van der Waals surface area contributed by atoms with Gasteiger partial charge in [-0.05, 0) is 13.8 Å². The van der Waals surface area contributed by atoms with Gasteiger partial charge in [-0.15, -0.1) is 0 Å². The first-order valence-corrected chi connectivity index (χ1v) is 3.10. The average Bonchev–Trinajstić information content (AvgIpc) is 1.93. The molecule has 0 saturated heterocycles. The summed E-state index contributed by atoms with van der Waals surface area (Å²) in [6.07, 6.45) is 1.63. The molecule has 1 nitrogen and oxygen atoms in total. The summed E-state index contributed by atoms with van der Waals surface area (Å²) in [6, 6.07) is 0. The molecular weight excluding hydrogens is 120 g/mol. The molecule has 1 aromatic heterocycles. The van der Waals surface area contributed by atoms with Gasteiger partial charge in [0.1, 0.15) is 15.7 Å². The minimum atomic E-state index is 0.656. The molecule has 46 valence electrons. The van der Waals surface area contributed by atoms with Crippen LogP contribution in [0.3, 0.4) is 0 Å². The molecule has 0 aliphatic heterocycles. The van der Waals surface area contributed by atoms with Gasteiger partial charge < -0.3 is 0 Å². The van der Waals surface area contributed by atoms with E-state index in [-0.39, 0.29) is 0 Å². The third-order valence-corrected chi connectivity index (χ3v) is 1.62. The fourth-order valence-electron chi connectivity index (χ4n) is 0.760. The minimum absolute atomic E-state index is 0.656. The Kier molecular flexibility index (Phi) is 1.84. The van der Waals surface area contributed by atoms with Gasteiger partial charge in [0.25, 0.3) is 0 Å². The van der Waals surface area contributed by atoms with Crippen molar-refractivity contribution in [2.45, 2.75) is 13.8 Å². The van der Waals surface area contributed by atoms with Gasteiger partial charge in [-0.25, -0.2) is 0 Å². The zero-order chi connectivity index (χ0) is 7.72.